The van der Waals surface area contributed by atoms with Crippen molar-refractivity contribution in [2.45, 2.75) is 45.8 Å². The highest BCUT2D eigenvalue weighted by atomic mass is 35.5. The molecule has 1 saturated heterocycles. The van der Waals surface area contributed by atoms with Gasteiger partial charge in [-0.25, -0.2) is 0 Å². The maximum Gasteiger partial charge on any atom is 0.251 e. The van der Waals surface area contributed by atoms with Crippen molar-refractivity contribution in [2.75, 3.05) is 18.8 Å². The Bertz CT molecular complexity index is 1320. The SMILES string of the molecule is CC(C)[C@@H](NC(=O)c1cccc(-c2ccccc2N)c1)C(=O)N1CC[C@](O)(c2ccc(Cl)cc2)C(C)(C)C1. The highest BCUT2D eigenvalue weighted by Crippen LogP contribution is 2.46. The molecule has 4 rings (SSSR count). The number of benzene rings is 3. The number of nitrogens with two attached hydrogens (primary N) is 1. The van der Waals surface area contributed by atoms with E-state index in [0.717, 1.165) is 16.7 Å². The largest absolute Gasteiger partial charge is 0.398 e. The number of piperidine rings is 1. The van der Waals surface area contributed by atoms with E-state index in [2.05, 4.69) is 5.32 Å². The third kappa shape index (κ3) is 5.42. The minimum Gasteiger partial charge on any atom is -0.398 e. The minimum atomic E-state index is -1.11. The van der Waals surface area contributed by atoms with Gasteiger partial charge < -0.3 is 21.1 Å². The molecule has 0 unspecified atom stereocenters. The number of nitrogens with one attached hydrogen (secondary N) is 1. The molecule has 0 radical (unpaired) electrons. The first-order valence-corrected chi connectivity index (χ1v) is 13.3. The van der Waals surface area contributed by atoms with Gasteiger partial charge in [-0.1, -0.05) is 81.8 Å². The molecule has 0 spiro atoms. The zero-order valence-corrected chi connectivity index (χ0v) is 23.1. The Hall–Kier alpha value is -3.35. The van der Waals surface area contributed by atoms with E-state index in [1.54, 1.807) is 29.2 Å². The van der Waals surface area contributed by atoms with E-state index >= 15 is 0 Å². The number of likely N-dealkylation sites (tertiary alicyclic amines) is 1. The molecule has 6 nitrogen and oxygen atoms in total. The Labute approximate surface area is 229 Å². The number of carbonyl (C=O) groups is 2. The fraction of sp³-hybridized carbons (Fsp3) is 0.355. The molecule has 2 amide bonds. The number of hydrogen-bond donors (Lipinski definition) is 3. The Balaban J connectivity index is 1.51. The molecule has 2 atom stereocenters. The van der Waals surface area contributed by atoms with E-state index in [9.17, 15) is 14.7 Å². The first-order chi connectivity index (χ1) is 17.9. The van der Waals surface area contributed by atoms with E-state index in [4.69, 9.17) is 17.3 Å². The van der Waals surface area contributed by atoms with Crippen molar-refractivity contribution in [3.63, 3.8) is 0 Å². The van der Waals surface area contributed by atoms with Crippen LogP contribution < -0.4 is 11.1 Å². The van der Waals surface area contributed by atoms with Crippen LogP contribution in [0.15, 0.2) is 72.8 Å². The number of amides is 2. The van der Waals surface area contributed by atoms with Gasteiger partial charge in [-0.05, 0) is 53.8 Å². The Morgan fingerprint density at radius 3 is 2.34 bits per heavy atom. The van der Waals surface area contributed by atoms with E-state index < -0.39 is 17.1 Å². The Morgan fingerprint density at radius 1 is 1.03 bits per heavy atom. The first-order valence-electron chi connectivity index (χ1n) is 13.0. The number of para-hydroxylation sites is 1. The molecule has 1 heterocycles. The van der Waals surface area contributed by atoms with Crippen LogP contribution in [-0.4, -0.2) is 41.0 Å². The van der Waals surface area contributed by atoms with Crippen molar-refractivity contribution < 1.29 is 14.7 Å². The zero-order chi connectivity index (χ0) is 27.7. The van der Waals surface area contributed by atoms with Gasteiger partial charge in [0.15, 0.2) is 0 Å². The van der Waals surface area contributed by atoms with Crippen molar-refractivity contribution in [2.24, 2.45) is 11.3 Å². The second kappa shape index (κ2) is 10.8. The quantitative estimate of drug-likeness (QED) is 0.365. The number of aliphatic hydroxyl groups is 1. The summed E-state index contributed by atoms with van der Waals surface area (Å²) < 4.78 is 0. The number of anilines is 1. The maximum absolute atomic E-state index is 13.7. The summed E-state index contributed by atoms with van der Waals surface area (Å²) >= 11 is 6.05. The van der Waals surface area contributed by atoms with E-state index in [1.807, 2.05) is 76.2 Å². The number of hydrogen-bond acceptors (Lipinski definition) is 4. The highest BCUT2D eigenvalue weighted by Gasteiger charge is 2.50. The third-order valence-electron chi connectivity index (χ3n) is 7.70. The molecule has 1 fully saturated rings. The van der Waals surface area contributed by atoms with Gasteiger partial charge in [-0.15, -0.1) is 0 Å². The molecule has 1 aliphatic rings. The summed E-state index contributed by atoms with van der Waals surface area (Å²) in [4.78, 5) is 28.8. The molecule has 0 aliphatic carbocycles. The lowest BCUT2D eigenvalue weighted by Crippen LogP contribution is -2.60. The molecule has 200 valence electrons. The average Bonchev–Trinajstić information content (AvgIpc) is 2.89. The molecule has 0 aromatic heterocycles. The van der Waals surface area contributed by atoms with Crippen molar-refractivity contribution >= 4 is 29.1 Å². The molecule has 4 N–H and O–H groups in total. The van der Waals surface area contributed by atoms with Crippen LogP contribution in [0.5, 0.6) is 0 Å². The van der Waals surface area contributed by atoms with Gasteiger partial charge in [0, 0.05) is 40.3 Å². The molecule has 0 bridgehead atoms. The predicted molar refractivity (Wildman–Crippen MR) is 153 cm³/mol. The summed E-state index contributed by atoms with van der Waals surface area (Å²) in [6.45, 7) is 8.50. The van der Waals surface area contributed by atoms with E-state index in [0.29, 0.717) is 35.8 Å². The average molecular weight is 534 g/mol. The zero-order valence-electron chi connectivity index (χ0n) is 22.4. The molecule has 0 saturated carbocycles. The lowest BCUT2D eigenvalue weighted by molar-refractivity contribution is -0.155. The number of nitrogen functional groups attached to an aromatic ring is 1. The summed E-state index contributed by atoms with van der Waals surface area (Å²) in [5, 5.41) is 15.3. The van der Waals surface area contributed by atoms with Gasteiger partial charge >= 0.3 is 0 Å². The summed E-state index contributed by atoms with van der Waals surface area (Å²) in [6, 6.07) is 21.3. The third-order valence-corrected chi connectivity index (χ3v) is 7.95. The van der Waals surface area contributed by atoms with Crippen LogP contribution in [0.3, 0.4) is 0 Å². The van der Waals surface area contributed by atoms with Gasteiger partial charge in [-0.3, -0.25) is 9.59 Å². The van der Waals surface area contributed by atoms with Crippen molar-refractivity contribution in [3.05, 3.63) is 88.9 Å². The van der Waals surface area contributed by atoms with Crippen LogP contribution in [0.2, 0.25) is 5.02 Å². The Kier molecular flexibility index (Phi) is 7.86. The first kappa shape index (κ1) is 27.7. The maximum atomic E-state index is 13.7. The van der Waals surface area contributed by atoms with Gasteiger partial charge in [0.2, 0.25) is 5.91 Å². The summed E-state index contributed by atoms with van der Waals surface area (Å²) in [7, 11) is 0. The van der Waals surface area contributed by atoms with Crippen LogP contribution >= 0.6 is 11.6 Å². The van der Waals surface area contributed by atoms with Crippen molar-refractivity contribution in [3.8, 4) is 11.1 Å². The fourth-order valence-electron chi connectivity index (χ4n) is 5.29. The molecular formula is C31H36ClN3O3. The predicted octanol–water partition coefficient (Wildman–Crippen LogP) is 5.49. The van der Waals surface area contributed by atoms with E-state index in [-0.39, 0.29) is 17.7 Å². The molecule has 3 aromatic rings. The lowest BCUT2D eigenvalue weighted by Gasteiger charge is -2.51. The topological polar surface area (TPSA) is 95.7 Å². The van der Waals surface area contributed by atoms with Crippen LogP contribution in [0, 0.1) is 11.3 Å². The molecule has 1 aliphatic heterocycles. The molecule has 38 heavy (non-hydrogen) atoms. The van der Waals surface area contributed by atoms with Crippen LogP contribution in [0.4, 0.5) is 5.69 Å². The van der Waals surface area contributed by atoms with Gasteiger partial charge in [-0.2, -0.15) is 0 Å². The van der Waals surface area contributed by atoms with E-state index in [1.165, 1.54) is 0 Å². The standard InChI is InChI=1S/C31H36ClN3O3/c1-20(2)27(34-28(36)22-9-7-8-21(18-22)25-10-5-6-11-26(25)33)29(37)35-17-16-31(38,30(3,4)19-35)23-12-14-24(32)15-13-23/h5-15,18,20,27,38H,16-17,19,33H2,1-4H3,(H,34,36)/t27-,31+/m1/s1. The molecule has 7 heteroatoms. The summed E-state index contributed by atoms with van der Waals surface area (Å²) in [6.07, 6.45) is 0.382. The second-order valence-corrected chi connectivity index (χ2v) is 11.6. The number of halogens is 1. The van der Waals surface area contributed by atoms with Crippen molar-refractivity contribution in [1.29, 1.82) is 0 Å². The minimum absolute atomic E-state index is 0.125. The van der Waals surface area contributed by atoms with Crippen LogP contribution in [0.1, 0.15) is 50.0 Å². The monoisotopic (exact) mass is 533 g/mol. The number of carbonyl (C=O) groups excluding carboxylic acids is 2. The fourth-order valence-corrected chi connectivity index (χ4v) is 5.42. The second-order valence-electron chi connectivity index (χ2n) is 11.1. The highest BCUT2D eigenvalue weighted by molar-refractivity contribution is 6.30. The van der Waals surface area contributed by atoms with Gasteiger partial charge in [0.25, 0.3) is 5.91 Å². The Morgan fingerprint density at radius 2 is 1.71 bits per heavy atom. The molecular weight excluding hydrogens is 498 g/mol. The number of nitrogens with zero attached hydrogens (tertiary/aromatic N) is 1. The summed E-state index contributed by atoms with van der Waals surface area (Å²) in [5.41, 5.74) is 7.96. The van der Waals surface area contributed by atoms with Crippen molar-refractivity contribution in [1.82, 2.24) is 10.2 Å². The van der Waals surface area contributed by atoms with Gasteiger partial charge in [0.05, 0.1) is 5.60 Å². The summed E-state index contributed by atoms with van der Waals surface area (Å²) in [5.74, 6) is -0.593. The van der Waals surface area contributed by atoms with Crippen LogP contribution in [-0.2, 0) is 10.4 Å². The normalized spacial score (nSPS) is 19.7. The lowest BCUT2D eigenvalue weighted by atomic mass is 9.66. The number of rotatable bonds is 6. The van der Waals surface area contributed by atoms with Gasteiger partial charge in [0.1, 0.15) is 6.04 Å². The molecule has 3 aromatic carbocycles. The van der Waals surface area contributed by atoms with Crippen LogP contribution in [0.25, 0.3) is 11.1 Å². The smallest absolute Gasteiger partial charge is 0.251 e.